The van der Waals surface area contributed by atoms with Gasteiger partial charge in [0.1, 0.15) is 11.5 Å². The van der Waals surface area contributed by atoms with Gasteiger partial charge in [-0.2, -0.15) is 0 Å². The Morgan fingerprint density at radius 1 is 1.24 bits per heavy atom. The lowest BCUT2D eigenvalue weighted by atomic mass is 10.1. The molecule has 6 nitrogen and oxygen atoms in total. The summed E-state index contributed by atoms with van der Waals surface area (Å²) < 4.78 is 5.26. The van der Waals surface area contributed by atoms with E-state index in [2.05, 4.69) is 10.6 Å². The number of rotatable bonds is 2. The number of carbonyl (C=O) groups is 2. The van der Waals surface area contributed by atoms with Gasteiger partial charge in [0, 0.05) is 5.56 Å². The molecule has 2 aromatic rings. The van der Waals surface area contributed by atoms with Crippen LogP contribution in [0.25, 0.3) is 0 Å². The van der Waals surface area contributed by atoms with Crippen LogP contribution >= 0.6 is 0 Å². The molecule has 0 aromatic heterocycles. The van der Waals surface area contributed by atoms with Crippen molar-refractivity contribution in [2.45, 2.75) is 0 Å². The Bertz CT molecular complexity index is 727. The fourth-order valence-electron chi connectivity index (χ4n) is 1.99. The Hall–Kier alpha value is -3.02. The number of phenolic OH excluding ortho intramolecular Hbond substituents is 1. The van der Waals surface area contributed by atoms with Gasteiger partial charge in [-0.25, -0.2) is 0 Å². The highest BCUT2D eigenvalue weighted by Crippen LogP contribution is 2.29. The number of aromatic hydroxyl groups is 1. The maximum atomic E-state index is 12.2. The summed E-state index contributed by atoms with van der Waals surface area (Å²) in [5.74, 6) is -0.166. The largest absolute Gasteiger partial charge is 0.506 e. The van der Waals surface area contributed by atoms with Gasteiger partial charge in [0.15, 0.2) is 6.61 Å². The zero-order valence-electron chi connectivity index (χ0n) is 10.9. The monoisotopic (exact) mass is 284 g/mol. The summed E-state index contributed by atoms with van der Waals surface area (Å²) in [6.07, 6.45) is 0. The molecule has 0 saturated carbocycles. The van der Waals surface area contributed by atoms with Gasteiger partial charge in [0.2, 0.25) is 0 Å². The second-order valence-electron chi connectivity index (χ2n) is 4.52. The molecule has 2 aromatic carbocycles. The molecule has 0 spiro atoms. The molecule has 0 saturated heterocycles. The van der Waals surface area contributed by atoms with Gasteiger partial charge in [0.25, 0.3) is 11.8 Å². The van der Waals surface area contributed by atoms with Crippen LogP contribution in [0.3, 0.4) is 0 Å². The Balaban J connectivity index is 1.83. The van der Waals surface area contributed by atoms with Crippen LogP contribution in [-0.2, 0) is 4.79 Å². The van der Waals surface area contributed by atoms with Crippen molar-refractivity contribution >= 4 is 23.2 Å². The number of para-hydroxylation sites is 2. The highest BCUT2D eigenvalue weighted by atomic mass is 16.5. The van der Waals surface area contributed by atoms with Crippen LogP contribution in [-0.4, -0.2) is 23.5 Å². The number of hydrogen-bond acceptors (Lipinski definition) is 4. The number of nitrogens with one attached hydrogen (secondary N) is 2. The van der Waals surface area contributed by atoms with Crippen LogP contribution in [0.15, 0.2) is 42.5 Å². The minimum atomic E-state index is -0.375. The fraction of sp³-hybridized carbons (Fsp3) is 0.0667. The van der Waals surface area contributed by atoms with Crippen molar-refractivity contribution in [1.82, 2.24) is 0 Å². The Morgan fingerprint density at radius 3 is 2.86 bits per heavy atom. The fourth-order valence-corrected chi connectivity index (χ4v) is 1.99. The van der Waals surface area contributed by atoms with Crippen LogP contribution < -0.4 is 15.4 Å². The molecule has 0 aliphatic carbocycles. The maximum absolute atomic E-state index is 12.2. The molecule has 0 atom stereocenters. The molecule has 0 radical (unpaired) electrons. The molecule has 106 valence electrons. The third kappa shape index (κ3) is 2.64. The first kappa shape index (κ1) is 13.0. The quantitative estimate of drug-likeness (QED) is 0.736. The third-order valence-corrected chi connectivity index (χ3v) is 3.03. The van der Waals surface area contributed by atoms with Gasteiger partial charge in [-0.1, -0.05) is 12.1 Å². The van der Waals surface area contributed by atoms with Crippen molar-refractivity contribution in [3.63, 3.8) is 0 Å². The van der Waals surface area contributed by atoms with Crippen molar-refractivity contribution in [2.75, 3.05) is 17.2 Å². The molecular weight excluding hydrogens is 272 g/mol. The van der Waals surface area contributed by atoms with Crippen molar-refractivity contribution in [1.29, 1.82) is 0 Å². The summed E-state index contributed by atoms with van der Waals surface area (Å²) in [6.45, 7) is -0.0719. The van der Waals surface area contributed by atoms with E-state index in [1.54, 1.807) is 36.4 Å². The molecule has 3 N–H and O–H groups in total. The number of anilines is 2. The van der Waals surface area contributed by atoms with Crippen molar-refractivity contribution in [2.24, 2.45) is 0 Å². The topological polar surface area (TPSA) is 87.7 Å². The van der Waals surface area contributed by atoms with E-state index in [-0.39, 0.29) is 24.2 Å². The number of fused-ring (bicyclic) bond motifs is 1. The van der Waals surface area contributed by atoms with E-state index < -0.39 is 0 Å². The van der Waals surface area contributed by atoms with Crippen molar-refractivity contribution in [3.8, 4) is 11.5 Å². The smallest absolute Gasteiger partial charge is 0.262 e. The molecule has 0 bridgehead atoms. The predicted molar refractivity (Wildman–Crippen MR) is 76.6 cm³/mol. The standard InChI is InChI=1S/C15H12N2O4/c18-12-4-2-1-3-10(12)17-15(20)9-5-6-11-13(7-9)21-8-14(19)16-11/h1-7,18H,8H2,(H,16,19)(H,17,20). The molecule has 2 amide bonds. The van der Waals surface area contributed by atoms with E-state index in [0.717, 1.165) is 0 Å². The Morgan fingerprint density at radius 2 is 2.05 bits per heavy atom. The minimum absolute atomic E-state index is 0.00711. The molecule has 1 aliphatic rings. The molecule has 3 rings (SSSR count). The molecule has 6 heteroatoms. The number of amides is 2. The normalized spacial score (nSPS) is 12.9. The Labute approximate surface area is 120 Å². The van der Waals surface area contributed by atoms with Crippen LogP contribution in [0.2, 0.25) is 0 Å². The van der Waals surface area contributed by atoms with Crippen LogP contribution in [0.1, 0.15) is 10.4 Å². The zero-order valence-corrected chi connectivity index (χ0v) is 10.9. The van der Waals surface area contributed by atoms with Crippen molar-refractivity contribution < 1.29 is 19.4 Å². The number of carbonyl (C=O) groups excluding carboxylic acids is 2. The molecule has 1 heterocycles. The molecule has 1 aliphatic heterocycles. The lowest BCUT2D eigenvalue weighted by Gasteiger charge is -2.18. The van der Waals surface area contributed by atoms with Gasteiger partial charge in [-0.15, -0.1) is 0 Å². The van der Waals surface area contributed by atoms with E-state index in [4.69, 9.17) is 4.74 Å². The van der Waals surface area contributed by atoms with E-state index >= 15 is 0 Å². The summed E-state index contributed by atoms with van der Waals surface area (Å²) in [7, 11) is 0. The number of hydrogen-bond donors (Lipinski definition) is 3. The minimum Gasteiger partial charge on any atom is -0.506 e. The number of phenols is 1. The average molecular weight is 284 g/mol. The summed E-state index contributed by atoms with van der Waals surface area (Å²) in [6, 6.07) is 11.2. The summed E-state index contributed by atoms with van der Waals surface area (Å²) in [5, 5.41) is 14.9. The van der Waals surface area contributed by atoms with Gasteiger partial charge < -0.3 is 20.5 Å². The first-order valence-electron chi connectivity index (χ1n) is 6.29. The van der Waals surface area contributed by atoms with Crippen molar-refractivity contribution in [3.05, 3.63) is 48.0 Å². The molecule has 21 heavy (non-hydrogen) atoms. The number of benzene rings is 2. The van der Waals surface area contributed by atoms with E-state index in [1.807, 2.05) is 0 Å². The molecular formula is C15H12N2O4. The molecule has 0 fully saturated rings. The predicted octanol–water partition coefficient (Wildman–Crippen LogP) is 1.98. The van der Waals surface area contributed by atoms with Crippen LogP contribution in [0.4, 0.5) is 11.4 Å². The first-order valence-corrected chi connectivity index (χ1v) is 6.29. The highest BCUT2D eigenvalue weighted by Gasteiger charge is 2.18. The van der Waals surface area contributed by atoms with E-state index in [9.17, 15) is 14.7 Å². The highest BCUT2D eigenvalue weighted by molar-refractivity contribution is 6.06. The van der Waals surface area contributed by atoms with Crippen LogP contribution in [0.5, 0.6) is 11.5 Å². The van der Waals surface area contributed by atoms with Crippen LogP contribution in [0, 0.1) is 0 Å². The van der Waals surface area contributed by atoms with E-state index in [0.29, 0.717) is 22.7 Å². The number of ether oxygens (including phenoxy) is 1. The van der Waals surface area contributed by atoms with Gasteiger partial charge >= 0.3 is 0 Å². The van der Waals surface area contributed by atoms with E-state index in [1.165, 1.54) is 6.07 Å². The second-order valence-corrected chi connectivity index (χ2v) is 4.52. The second kappa shape index (κ2) is 5.16. The maximum Gasteiger partial charge on any atom is 0.262 e. The summed E-state index contributed by atoms with van der Waals surface area (Å²) >= 11 is 0. The Kier molecular flexibility index (Phi) is 3.19. The lowest BCUT2D eigenvalue weighted by Crippen LogP contribution is -2.25. The molecule has 0 unspecified atom stereocenters. The third-order valence-electron chi connectivity index (χ3n) is 3.03. The average Bonchev–Trinajstić information content (AvgIpc) is 2.49. The first-order chi connectivity index (χ1) is 10.1. The van der Waals surface area contributed by atoms with Gasteiger partial charge in [-0.3, -0.25) is 9.59 Å². The lowest BCUT2D eigenvalue weighted by molar-refractivity contribution is -0.118. The van der Waals surface area contributed by atoms with Gasteiger partial charge in [0.05, 0.1) is 11.4 Å². The zero-order chi connectivity index (χ0) is 14.8. The van der Waals surface area contributed by atoms with Gasteiger partial charge in [-0.05, 0) is 30.3 Å². The summed E-state index contributed by atoms with van der Waals surface area (Å²) in [4.78, 5) is 23.3. The SMILES string of the molecule is O=C1COc2cc(C(=O)Nc3ccccc3O)ccc2N1. The summed E-state index contributed by atoms with van der Waals surface area (Å²) in [5.41, 5.74) is 1.23.